The zero-order valence-corrected chi connectivity index (χ0v) is 14.9. The van der Waals surface area contributed by atoms with E-state index in [1.165, 1.54) is 39.0 Å². The molecule has 0 fully saturated rings. The lowest BCUT2D eigenvalue weighted by atomic mass is 9.70. The third kappa shape index (κ3) is 1.69. The molecular formula is C26H20. The van der Waals surface area contributed by atoms with Crippen LogP contribution in [0.3, 0.4) is 0 Å². The molecular weight excluding hydrogens is 312 g/mol. The van der Waals surface area contributed by atoms with Crippen LogP contribution in [0.25, 0.3) is 16.7 Å². The van der Waals surface area contributed by atoms with E-state index in [0.717, 1.165) is 11.1 Å². The van der Waals surface area contributed by atoms with Gasteiger partial charge < -0.3 is 0 Å². The van der Waals surface area contributed by atoms with Gasteiger partial charge in [0.25, 0.3) is 0 Å². The summed E-state index contributed by atoms with van der Waals surface area (Å²) in [5.74, 6) is 0. The van der Waals surface area contributed by atoms with Gasteiger partial charge in [0, 0.05) is 0 Å². The Morgan fingerprint density at radius 3 is 1.65 bits per heavy atom. The molecule has 5 rings (SSSR count). The van der Waals surface area contributed by atoms with Crippen molar-refractivity contribution in [2.45, 2.75) is 12.3 Å². The summed E-state index contributed by atoms with van der Waals surface area (Å²) >= 11 is 0. The van der Waals surface area contributed by atoms with E-state index in [1.54, 1.807) is 0 Å². The number of benzene rings is 3. The molecule has 0 bridgehead atoms. The van der Waals surface area contributed by atoms with Gasteiger partial charge in [-0.25, -0.2) is 0 Å². The summed E-state index contributed by atoms with van der Waals surface area (Å²) in [7, 11) is 0. The average molecular weight is 332 g/mol. The predicted molar refractivity (Wildman–Crippen MR) is 110 cm³/mol. The van der Waals surface area contributed by atoms with Gasteiger partial charge in [0.05, 0.1) is 5.41 Å². The molecule has 2 aliphatic carbocycles. The second-order valence-corrected chi connectivity index (χ2v) is 7.27. The number of rotatable bonds is 1. The molecule has 3 aromatic rings. The Bertz CT molecular complexity index is 1080. The van der Waals surface area contributed by atoms with E-state index in [4.69, 9.17) is 0 Å². The van der Waals surface area contributed by atoms with Gasteiger partial charge in [0.1, 0.15) is 0 Å². The van der Waals surface area contributed by atoms with E-state index in [2.05, 4.69) is 99.0 Å². The minimum atomic E-state index is -0.292. The van der Waals surface area contributed by atoms with Gasteiger partial charge in [-0.05, 0) is 51.5 Å². The van der Waals surface area contributed by atoms with E-state index >= 15 is 0 Å². The fourth-order valence-corrected chi connectivity index (χ4v) is 4.85. The van der Waals surface area contributed by atoms with Crippen LogP contribution < -0.4 is 0 Å². The summed E-state index contributed by atoms with van der Waals surface area (Å²) in [5, 5.41) is 0. The van der Waals surface area contributed by atoms with Crippen molar-refractivity contribution in [1.82, 2.24) is 0 Å². The molecule has 2 aliphatic rings. The number of fused-ring (bicyclic) bond motifs is 7. The van der Waals surface area contributed by atoms with E-state index in [0.29, 0.717) is 0 Å². The van der Waals surface area contributed by atoms with Crippen LogP contribution in [0.4, 0.5) is 0 Å². The van der Waals surface area contributed by atoms with Crippen molar-refractivity contribution in [2.75, 3.05) is 0 Å². The van der Waals surface area contributed by atoms with Crippen LogP contribution >= 0.6 is 0 Å². The van der Waals surface area contributed by atoms with Crippen molar-refractivity contribution in [3.8, 4) is 11.1 Å². The van der Waals surface area contributed by atoms with Crippen LogP contribution in [-0.4, -0.2) is 0 Å². The highest BCUT2D eigenvalue weighted by atomic mass is 14.5. The fourth-order valence-electron chi connectivity index (χ4n) is 4.85. The molecule has 124 valence electrons. The first-order chi connectivity index (χ1) is 12.7. The lowest BCUT2D eigenvalue weighted by molar-refractivity contribution is 0.793. The smallest absolute Gasteiger partial charge is 0.0725 e. The monoisotopic (exact) mass is 332 g/mol. The Morgan fingerprint density at radius 1 is 0.731 bits per heavy atom. The first-order valence-electron chi connectivity index (χ1n) is 9.02. The van der Waals surface area contributed by atoms with Crippen LogP contribution in [0.1, 0.15) is 29.2 Å². The summed E-state index contributed by atoms with van der Waals surface area (Å²) in [4.78, 5) is 0. The highest BCUT2D eigenvalue weighted by Gasteiger charge is 2.52. The van der Waals surface area contributed by atoms with Gasteiger partial charge in [-0.3, -0.25) is 0 Å². The molecule has 0 saturated heterocycles. The first kappa shape index (κ1) is 15.2. The van der Waals surface area contributed by atoms with Crippen molar-refractivity contribution in [1.29, 1.82) is 0 Å². The largest absolute Gasteiger partial charge is 0.0961 e. The molecule has 3 aromatic carbocycles. The van der Waals surface area contributed by atoms with Crippen LogP contribution in [-0.2, 0) is 5.41 Å². The molecule has 0 heterocycles. The average Bonchev–Trinajstić information content (AvgIpc) is 3.09. The zero-order chi connectivity index (χ0) is 17.9. The molecule has 0 amide bonds. The Labute approximate surface area is 154 Å². The van der Waals surface area contributed by atoms with Crippen LogP contribution in [0.2, 0.25) is 0 Å². The normalized spacial score (nSPS) is 17.3. The Hall–Kier alpha value is -3.12. The van der Waals surface area contributed by atoms with Crippen LogP contribution in [0.15, 0.2) is 103 Å². The molecule has 26 heavy (non-hydrogen) atoms. The van der Waals surface area contributed by atoms with Gasteiger partial charge in [-0.1, -0.05) is 97.6 Å². The van der Waals surface area contributed by atoms with Gasteiger partial charge in [-0.2, -0.15) is 0 Å². The summed E-state index contributed by atoms with van der Waals surface area (Å²) in [6.07, 6.45) is 2.22. The lowest BCUT2D eigenvalue weighted by Gasteiger charge is -2.31. The molecule has 0 heteroatoms. The minimum absolute atomic E-state index is 0.292. The van der Waals surface area contributed by atoms with Crippen LogP contribution in [0.5, 0.6) is 0 Å². The SMILES string of the molecule is C=C(C)/C=C1\C(=C)c2ccccc2C12c1ccccc1-c1ccccc12. The van der Waals surface area contributed by atoms with Crippen molar-refractivity contribution in [2.24, 2.45) is 0 Å². The van der Waals surface area contributed by atoms with E-state index in [1.807, 2.05) is 0 Å². The van der Waals surface area contributed by atoms with Gasteiger partial charge in [-0.15, -0.1) is 0 Å². The van der Waals surface area contributed by atoms with Crippen molar-refractivity contribution >= 4 is 5.57 Å². The number of allylic oxidation sites excluding steroid dienone is 4. The van der Waals surface area contributed by atoms with Gasteiger partial charge >= 0.3 is 0 Å². The predicted octanol–water partition coefficient (Wildman–Crippen LogP) is 6.53. The zero-order valence-electron chi connectivity index (χ0n) is 14.9. The lowest BCUT2D eigenvalue weighted by Crippen LogP contribution is -2.26. The van der Waals surface area contributed by atoms with Gasteiger partial charge in [0.2, 0.25) is 0 Å². The minimum Gasteiger partial charge on any atom is -0.0961 e. The molecule has 0 saturated carbocycles. The Kier molecular flexibility index (Phi) is 3.02. The molecule has 0 atom stereocenters. The third-order valence-electron chi connectivity index (χ3n) is 5.73. The standard InChI is InChI=1S/C26H20/c1-17(2)16-25-18(3)19-10-4-7-13-22(19)26(25)23-14-8-5-11-20(23)21-12-6-9-15-24(21)26/h4-16H,1,3H2,2H3/b25-16+. The highest BCUT2D eigenvalue weighted by molar-refractivity contribution is 5.99. The molecule has 0 nitrogen and oxygen atoms in total. The summed E-state index contributed by atoms with van der Waals surface area (Å²) in [5.41, 5.74) is 11.0. The summed E-state index contributed by atoms with van der Waals surface area (Å²) in [6.45, 7) is 10.7. The molecule has 0 N–H and O–H groups in total. The highest BCUT2D eigenvalue weighted by Crippen LogP contribution is 2.63. The maximum atomic E-state index is 4.49. The molecule has 0 aromatic heterocycles. The fraction of sp³-hybridized carbons (Fsp3) is 0.0769. The topological polar surface area (TPSA) is 0 Å². The number of hydrogen-bond acceptors (Lipinski definition) is 0. The van der Waals surface area contributed by atoms with Crippen molar-refractivity contribution in [3.05, 3.63) is 125 Å². The second kappa shape index (κ2) is 5.19. The third-order valence-corrected chi connectivity index (χ3v) is 5.73. The van der Waals surface area contributed by atoms with E-state index < -0.39 is 0 Å². The molecule has 0 aliphatic heterocycles. The maximum absolute atomic E-state index is 4.49. The van der Waals surface area contributed by atoms with Crippen molar-refractivity contribution < 1.29 is 0 Å². The maximum Gasteiger partial charge on any atom is 0.0725 e. The molecule has 0 radical (unpaired) electrons. The van der Waals surface area contributed by atoms with Crippen molar-refractivity contribution in [3.63, 3.8) is 0 Å². The summed E-state index contributed by atoms with van der Waals surface area (Å²) < 4.78 is 0. The van der Waals surface area contributed by atoms with Crippen LogP contribution in [0, 0.1) is 0 Å². The Balaban J connectivity index is 2.01. The number of hydrogen-bond donors (Lipinski definition) is 0. The first-order valence-corrected chi connectivity index (χ1v) is 9.02. The van der Waals surface area contributed by atoms with E-state index in [9.17, 15) is 0 Å². The molecule has 0 unspecified atom stereocenters. The molecule has 1 spiro atoms. The Morgan fingerprint density at radius 2 is 1.15 bits per heavy atom. The summed E-state index contributed by atoms with van der Waals surface area (Å²) in [6, 6.07) is 26.3. The van der Waals surface area contributed by atoms with Gasteiger partial charge in [0.15, 0.2) is 0 Å². The second-order valence-electron chi connectivity index (χ2n) is 7.27. The van der Waals surface area contributed by atoms with E-state index in [-0.39, 0.29) is 5.41 Å². The quantitative estimate of drug-likeness (QED) is 0.475.